The average Bonchev–Trinajstić information content (AvgIpc) is 2.91. The molecule has 1 aliphatic heterocycles. The Morgan fingerprint density at radius 1 is 1.43 bits per heavy atom. The van der Waals surface area contributed by atoms with Gasteiger partial charge in [-0.2, -0.15) is 0 Å². The van der Waals surface area contributed by atoms with Crippen LogP contribution in [0.2, 0.25) is 0 Å². The Hall–Kier alpha value is -1.63. The van der Waals surface area contributed by atoms with Crippen molar-refractivity contribution in [3.8, 4) is 0 Å². The van der Waals surface area contributed by atoms with E-state index in [0.29, 0.717) is 6.54 Å². The summed E-state index contributed by atoms with van der Waals surface area (Å²) in [6.07, 6.45) is -0.460. The summed E-state index contributed by atoms with van der Waals surface area (Å²) >= 11 is 1.44. The Morgan fingerprint density at radius 3 is 2.57 bits per heavy atom. The van der Waals surface area contributed by atoms with Crippen LogP contribution in [0.4, 0.5) is 4.79 Å². The summed E-state index contributed by atoms with van der Waals surface area (Å²) < 4.78 is 5.33. The molecular weight excluding hydrogens is 292 g/mol. The van der Waals surface area contributed by atoms with Crippen molar-refractivity contribution in [1.29, 1.82) is 0 Å². The van der Waals surface area contributed by atoms with Crippen molar-refractivity contribution in [1.82, 2.24) is 9.88 Å². The zero-order valence-corrected chi connectivity index (χ0v) is 13.4. The quantitative estimate of drug-likeness (QED) is 0.907. The number of aliphatic carboxylic acids is 1. The molecule has 1 aromatic rings. The predicted octanol–water partition coefficient (Wildman–Crippen LogP) is 2.49. The molecular formula is C14H20N2O4S. The first-order chi connectivity index (χ1) is 9.69. The maximum absolute atomic E-state index is 12.1. The van der Waals surface area contributed by atoms with Crippen molar-refractivity contribution >= 4 is 23.4 Å². The molecule has 0 aromatic carbocycles. The van der Waals surface area contributed by atoms with Crippen molar-refractivity contribution in [2.75, 3.05) is 13.1 Å². The van der Waals surface area contributed by atoms with Gasteiger partial charge in [0.05, 0.1) is 17.1 Å². The Labute approximate surface area is 127 Å². The van der Waals surface area contributed by atoms with E-state index in [9.17, 15) is 14.7 Å². The third-order valence-electron chi connectivity index (χ3n) is 3.41. The lowest BCUT2D eigenvalue weighted by atomic mass is 9.94. The van der Waals surface area contributed by atoms with Gasteiger partial charge in [-0.3, -0.25) is 4.79 Å². The van der Waals surface area contributed by atoms with Crippen molar-refractivity contribution < 1.29 is 19.4 Å². The molecule has 0 saturated carbocycles. The minimum atomic E-state index is -0.890. The molecule has 0 spiro atoms. The van der Waals surface area contributed by atoms with Crippen LogP contribution in [0.15, 0.2) is 5.51 Å². The van der Waals surface area contributed by atoms with Crippen molar-refractivity contribution in [3.05, 3.63) is 16.1 Å². The lowest BCUT2D eigenvalue weighted by molar-refractivity contribution is -0.141. The first-order valence-electron chi connectivity index (χ1n) is 6.79. The number of aryl methyl sites for hydroxylation is 1. The van der Waals surface area contributed by atoms with E-state index in [4.69, 9.17) is 4.74 Å². The number of carboxylic acid groups (broad SMARTS) is 1. The van der Waals surface area contributed by atoms with Gasteiger partial charge in [-0.05, 0) is 27.7 Å². The molecule has 1 aromatic heterocycles. The zero-order valence-electron chi connectivity index (χ0n) is 12.6. The van der Waals surface area contributed by atoms with Gasteiger partial charge in [0.25, 0.3) is 0 Å². The molecule has 0 radical (unpaired) electrons. The first-order valence-corrected chi connectivity index (χ1v) is 7.67. The number of carboxylic acids is 1. The molecule has 2 heterocycles. The van der Waals surface area contributed by atoms with E-state index in [2.05, 4.69) is 4.98 Å². The second kappa shape index (κ2) is 5.63. The number of amides is 1. The van der Waals surface area contributed by atoms with E-state index in [1.807, 2.05) is 6.92 Å². The van der Waals surface area contributed by atoms with Crippen molar-refractivity contribution in [2.24, 2.45) is 5.92 Å². The smallest absolute Gasteiger partial charge is 0.410 e. The number of nitrogens with zero attached hydrogens (tertiary/aromatic N) is 2. The molecule has 1 N–H and O–H groups in total. The molecule has 116 valence electrons. The summed E-state index contributed by atoms with van der Waals surface area (Å²) in [4.78, 5) is 30.2. The molecule has 0 bridgehead atoms. The number of hydrogen-bond acceptors (Lipinski definition) is 5. The minimum Gasteiger partial charge on any atom is -0.481 e. The van der Waals surface area contributed by atoms with Crippen LogP contribution >= 0.6 is 11.3 Å². The van der Waals surface area contributed by atoms with E-state index in [0.717, 1.165) is 10.6 Å². The SMILES string of the molecule is Cc1ncsc1C1CN(C(=O)OC(C)(C)C)CC1C(=O)O. The molecule has 2 atom stereocenters. The summed E-state index contributed by atoms with van der Waals surface area (Å²) in [5, 5.41) is 9.41. The van der Waals surface area contributed by atoms with Crippen LogP contribution in [0.3, 0.4) is 0 Å². The van der Waals surface area contributed by atoms with Crippen LogP contribution in [-0.4, -0.2) is 45.7 Å². The third-order valence-corrected chi connectivity index (χ3v) is 4.47. The average molecular weight is 312 g/mol. The van der Waals surface area contributed by atoms with Gasteiger partial charge in [0, 0.05) is 23.9 Å². The highest BCUT2D eigenvalue weighted by molar-refractivity contribution is 7.09. The molecule has 2 unspecified atom stereocenters. The van der Waals surface area contributed by atoms with Gasteiger partial charge in [-0.25, -0.2) is 9.78 Å². The molecule has 1 amide bonds. The summed E-state index contributed by atoms with van der Waals surface area (Å²) in [7, 11) is 0. The van der Waals surface area contributed by atoms with Crippen LogP contribution in [0.5, 0.6) is 0 Å². The standard InChI is InChI=1S/C14H20N2O4S/c1-8-11(21-7-15-8)9-5-16(6-10(9)12(17)18)13(19)20-14(2,3)4/h7,9-10H,5-6H2,1-4H3,(H,17,18). The normalized spacial score (nSPS) is 22.4. The second-order valence-corrected chi connectivity index (χ2v) is 7.12. The number of likely N-dealkylation sites (tertiary alicyclic amines) is 1. The number of rotatable bonds is 2. The van der Waals surface area contributed by atoms with Gasteiger partial charge >= 0.3 is 12.1 Å². The van der Waals surface area contributed by atoms with Gasteiger partial charge in [0.1, 0.15) is 5.60 Å². The largest absolute Gasteiger partial charge is 0.481 e. The highest BCUT2D eigenvalue weighted by Gasteiger charge is 2.43. The molecule has 1 saturated heterocycles. The summed E-state index contributed by atoms with van der Waals surface area (Å²) in [6.45, 7) is 7.77. The number of carbonyl (C=O) groups excluding carboxylic acids is 1. The summed E-state index contributed by atoms with van der Waals surface area (Å²) in [5.41, 5.74) is 1.95. The number of carbonyl (C=O) groups is 2. The lowest BCUT2D eigenvalue weighted by Gasteiger charge is -2.24. The van der Waals surface area contributed by atoms with Gasteiger partial charge in [-0.1, -0.05) is 0 Å². The van der Waals surface area contributed by atoms with Crippen LogP contribution in [-0.2, 0) is 9.53 Å². The van der Waals surface area contributed by atoms with Crippen molar-refractivity contribution in [3.63, 3.8) is 0 Å². The fraction of sp³-hybridized carbons (Fsp3) is 0.643. The Morgan fingerprint density at radius 2 is 2.10 bits per heavy atom. The van der Waals surface area contributed by atoms with Crippen LogP contribution in [0, 0.1) is 12.8 Å². The molecule has 6 nitrogen and oxygen atoms in total. The van der Waals surface area contributed by atoms with Gasteiger partial charge < -0.3 is 14.7 Å². The minimum absolute atomic E-state index is 0.173. The molecule has 7 heteroatoms. The van der Waals surface area contributed by atoms with Crippen LogP contribution < -0.4 is 0 Å². The van der Waals surface area contributed by atoms with E-state index in [1.54, 1.807) is 26.3 Å². The third kappa shape index (κ3) is 3.53. The monoisotopic (exact) mass is 312 g/mol. The molecule has 0 aliphatic carbocycles. The fourth-order valence-corrected chi connectivity index (χ4v) is 3.42. The summed E-state index contributed by atoms with van der Waals surface area (Å²) in [6, 6.07) is 0. The number of ether oxygens (including phenoxy) is 1. The Bertz CT molecular complexity index is 549. The maximum Gasteiger partial charge on any atom is 0.410 e. The second-order valence-electron chi connectivity index (χ2n) is 6.24. The van der Waals surface area contributed by atoms with Gasteiger partial charge in [-0.15, -0.1) is 11.3 Å². The van der Waals surface area contributed by atoms with Gasteiger partial charge in [0.15, 0.2) is 0 Å². The van der Waals surface area contributed by atoms with Crippen molar-refractivity contribution in [2.45, 2.75) is 39.2 Å². The molecule has 21 heavy (non-hydrogen) atoms. The van der Waals surface area contributed by atoms with Gasteiger partial charge in [0.2, 0.25) is 0 Å². The van der Waals surface area contributed by atoms with Crippen LogP contribution in [0.1, 0.15) is 37.3 Å². The van der Waals surface area contributed by atoms with Crippen LogP contribution in [0.25, 0.3) is 0 Å². The van der Waals surface area contributed by atoms with E-state index < -0.39 is 23.6 Å². The maximum atomic E-state index is 12.1. The van der Waals surface area contributed by atoms with E-state index in [1.165, 1.54) is 16.2 Å². The zero-order chi connectivity index (χ0) is 15.8. The van der Waals surface area contributed by atoms with E-state index in [-0.39, 0.29) is 12.5 Å². The number of hydrogen-bond donors (Lipinski definition) is 1. The predicted molar refractivity (Wildman–Crippen MR) is 78.5 cm³/mol. The number of thiazole rings is 1. The number of aromatic nitrogens is 1. The molecule has 2 rings (SSSR count). The lowest BCUT2D eigenvalue weighted by Crippen LogP contribution is -2.35. The molecule has 1 aliphatic rings. The topological polar surface area (TPSA) is 79.7 Å². The summed E-state index contributed by atoms with van der Waals surface area (Å²) in [5.74, 6) is -1.72. The molecule has 1 fully saturated rings. The Kier molecular flexibility index (Phi) is 4.22. The highest BCUT2D eigenvalue weighted by atomic mass is 32.1. The highest BCUT2D eigenvalue weighted by Crippen LogP contribution is 2.37. The van der Waals surface area contributed by atoms with E-state index >= 15 is 0 Å². The Balaban J connectivity index is 2.18. The first kappa shape index (κ1) is 15.8. The fourth-order valence-electron chi connectivity index (χ4n) is 2.46.